The van der Waals surface area contributed by atoms with E-state index < -0.39 is 0 Å². The average molecular weight is 811 g/mol. The number of phenols is 2. The van der Waals surface area contributed by atoms with E-state index in [1.165, 1.54) is 43.6 Å². The second kappa shape index (κ2) is 17.4. The van der Waals surface area contributed by atoms with Crippen LogP contribution in [0.15, 0.2) is 199 Å². The van der Waals surface area contributed by atoms with Crippen LogP contribution in [0, 0.1) is 0 Å². The fourth-order valence-corrected chi connectivity index (χ4v) is 7.38. The van der Waals surface area contributed by atoms with Crippen molar-refractivity contribution in [3.63, 3.8) is 0 Å². The molecule has 2 aromatic heterocycles. The van der Waals surface area contributed by atoms with Gasteiger partial charge in [-0.05, 0) is 100 Å². The molecule has 10 aromatic rings. The Morgan fingerprint density at radius 1 is 0.421 bits per heavy atom. The fourth-order valence-electron chi connectivity index (χ4n) is 7.10. The quantitative estimate of drug-likeness (QED) is 0.151. The molecule has 0 saturated carbocycles. The Hall–Kier alpha value is -6.74. The number of aromatic hydroxyl groups is 2. The molecule has 6 nitrogen and oxygen atoms in total. The van der Waals surface area contributed by atoms with Crippen molar-refractivity contribution in [3.8, 4) is 39.8 Å². The van der Waals surface area contributed by atoms with Crippen molar-refractivity contribution < 1.29 is 19.9 Å². The zero-order valence-electron chi connectivity index (χ0n) is 30.1. The van der Waals surface area contributed by atoms with Gasteiger partial charge in [0.15, 0.2) is 0 Å². The predicted molar refractivity (Wildman–Crippen MR) is 240 cm³/mol. The third kappa shape index (κ3) is 7.87. The predicted octanol–water partition coefficient (Wildman–Crippen LogP) is 12.6. The lowest BCUT2D eigenvalue weighted by molar-refractivity contribution is 0.453. The molecule has 0 fully saturated rings. The van der Waals surface area contributed by atoms with E-state index in [2.05, 4.69) is 146 Å². The van der Waals surface area contributed by atoms with Crippen LogP contribution in [0.25, 0.3) is 66.1 Å². The summed E-state index contributed by atoms with van der Waals surface area (Å²) < 4.78 is 10.2. The molecule has 8 aromatic carbocycles. The summed E-state index contributed by atoms with van der Waals surface area (Å²) in [4.78, 5) is 0. The van der Waals surface area contributed by atoms with Gasteiger partial charge in [0.25, 0.3) is 0 Å². The highest BCUT2D eigenvalue weighted by molar-refractivity contribution is 9.10. The minimum absolute atomic E-state index is 0. The van der Waals surface area contributed by atoms with Gasteiger partial charge in [-0.3, -0.25) is 0 Å². The Morgan fingerprint density at radius 3 is 1.18 bits per heavy atom. The Morgan fingerprint density at radius 2 is 0.789 bits per heavy atom. The van der Waals surface area contributed by atoms with Gasteiger partial charge in [-0.15, -0.1) is 0 Å². The number of fused-ring (bicyclic) bond motifs is 6. The first-order chi connectivity index (χ1) is 27.5. The number of halogens is 1. The lowest BCUT2D eigenvalue weighted by atomic mass is 10.0. The lowest BCUT2D eigenvalue weighted by Crippen LogP contribution is -2.00. The molecule has 1 radical (unpaired) electrons. The van der Waals surface area contributed by atoms with E-state index in [0.717, 1.165) is 27.0 Å². The van der Waals surface area contributed by atoms with E-state index >= 15 is 0 Å². The first-order valence-electron chi connectivity index (χ1n) is 18.0. The average Bonchev–Trinajstić information content (AvgIpc) is 3.76. The maximum Gasteiger partial charge on any atom is 0.569 e. The highest BCUT2D eigenvalue weighted by Crippen LogP contribution is 2.35. The van der Waals surface area contributed by atoms with E-state index in [-0.39, 0.29) is 13.2 Å². The maximum absolute atomic E-state index is 10.1. The van der Waals surface area contributed by atoms with Gasteiger partial charge < -0.3 is 29.0 Å². The maximum atomic E-state index is 10.1. The monoisotopic (exact) mass is 809 g/mol. The van der Waals surface area contributed by atoms with Crippen molar-refractivity contribution in [2.75, 3.05) is 0 Å². The molecule has 0 atom stereocenters. The topological polar surface area (TPSA) is 79.8 Å². The summed E-state index contributed by atoms with van der Waals surface area (Å²) in [5, 5.41) is 32.7. The molecule has 0 unspecified atom stereocenters. The summed E-state index contributed by atoms with van der Waals surface area (Å²) in [7, 11) is 0.690. The Kier molecular flexibility index (Phi) is 11.7. The van der Waals surface area contributed by atoms with Gasteiger partial charge in [0.05, 0.1) is 26.5 Å². The van der Waals surface area contributed by atoms with Gasteiger partial charge in [-0.25, -0.2) is 0 Å². The highest BCUT2D eigenvalue weighted by atomic mass is 79.9. The number of aromatic nitrogens is 2. The minimum atomic E-state index is 0. The zero-order valence-corrected chi connectivity index (χ0v) is 31.7. The number of benzene rings is 8. The summed E-state index contributed by atoms with van der Waals surface area (Å²) in [5.74, 6) is 1.19. The van der Waals surface area contributed by atoms with Crippen LogP contribution in [-0.2, 0) is 0 Å². The van der Waals surface area contributed by atoms with Crippen LogP contribution in [0.1, 0.15) is 7.43 Å². The summed E-state index contributed by atoms with van der Waals surface area (Å²) in [6, 6.07) is 64.2. The van der Waals surface area contributed by atoms with E-state index in [0.29, 0.717) is 19.2 Å². The molecule has 0 spiro atoms. The molecule has 3 N–H and O–H groups in total. The summed E-state index contributed by atoms with van der Waals surface area (Å²) in [5.41, 5.74) is 8.77. The third-order valence-electron chi connectivity index (χ3n) is 9.64. The van der Waals surface area contributed by atoms with Crippen molar-refractivity contribution in [1.29, 1.82) is 0 Å². The van der Waals surface area contributed by atoms with Crippen LogP contribution in [0.5, 0.6) is 17.2 Å². The van der Waals surface area contributed by atoms with Crippen LogP contribution in [-0.4, -0.2) is 32.1 Å². The molecule has 0 saturated heterocycles. The minimum Gasteiger partial charge on any atom is -0.537 e. The molecule has 8 heteroatoms. The van der Waals surface area contributed by atoms with Crippen LogP contribution in [0.2, 0.25) is 0 Å². The van der Waals surface area contributed by atoms with Crippen molar-refractivity contribution in [2.45, 2.75) is 7.43 Å². The van der Waals surface area contributed by atoms with Gasteiger partial charge in [-0.1, -0.05) is 123 Å². The number of phenolic OH excluding ortho intramolecular Hbond substituents is 2. The second-order valence-corrected chi connectivity index (χ2v) is 13.8. The van der Waals surface area contributed by atoms with Crippen molar-refractivity contribution in [3.05, 3.63) is 199 Å². The highest BCUT2D eigenvalue weighted by Gasteiger charge is 2.13. The van der Waals surface area contributed by atoms with Crippen LogP contribution >= 0.6 is 15.9 Å². The normalized spacial score (nSPS) is 10.6. The molecule has 0 aliphatic rings. The second-order valence-electron chi connectivity index (χ2n) is 13.0. The Labute approximate surface area is 340 Å². The van der Waals surface area contributed by atoms with E-state index in [1.807, 2.05) is 48.5 Å². The van der Waals surface area contributed by atoms with Crippen LogP contribution < -0.4 is 4.65 Å². The summed E-state index contributed by atoms with van der Waals surface area (Å²) in [6.07, 6.45) is 0. The standard InChI is InChI=1S/C24H17NO.C18H13BNO2.C6H5BrO.CH4/c26-24-12-6-3-7-19(24)17-13-15-18(16-14-17)25-22-10-4-1-8-20(22)21-9-2-5-11-23(21)25;21-19-22-14-11-9-13(10-12-14)20-17-7-3-1-5-15(17)16-6-2-4-8-18(16)20;7-5-3-1-2-4-6(5)8;/h1-16,26H;1-12,21H;1-4,8H;1H4. The largest absolute Gasteiger partial charge is 0.569 e. The van der Waals surface area contributed by atoms with E-state index in [9.17, 15) is 5.11 Å². The Bertz CT molecular complexity index is 2790. The third-order valence-corrected chi connectivity index (χ3v) is 10.3. The van der Waals surface area contributed by atoms with Gasteiger partial charge in [0.1, 0.15) is 17.2 Å². The number of rotatable bonds is 5. The molecule has 57 heavy (non-hydrogen) atoms. The number of hydrogen-bond donors (Lipinski definition) is 3. The summed E-state index contributed by atoms with van der Waals surface area (Å²) in [6.45, 7) is 0. The Balaban J connectivity index is 0.000000145. The van der Waals surface area contributed by atoms with Gasteiger partial charge in [0, 0.05) is 38.5 Å². The molecule has 0 aliphatic carbocycles. The SMILES string of the molecule is C.O[B]Oc1ccc(-n2c3ccccc3c3ccccc32)cc1.Oc1ccccc1-c1ccc(-n2c3ccccc3c3ccccc32)cc1.Oc1ccccc1Br. The summed E-state index contributed by atoms with van der Waals surface area (Å²) >= 11 is 3.15. The molecule has 2 heterocycles. The van der Waals surface area contributed by atoms with Crippen molar-refractivity contribution in [2.24, 2.45) is 0 Å². The van der Waals surface area contributed by atoms with E-state index in [4.69, 9.17) is 14.8 Å². The first kappa shape index (κ1) is 38.5. The van der Waals surface area contributed by atoms with Crippen LogP contribution in [0.4, 0.5) is 0 Å². The zero-order chi connectivity index (χ0) is 38.4. The van der Waals surface area contributed by atoms with Gasteiger partial charge in [0.2, 0.25) is 0 Å². The first-order valence-corrected chi connectivity index (χ1v) is 18.8. The van der Waals surface area contributed by atoms with Crippen LogP contribution in [0.3, 0.4) is 0 Å². The van der Waals surface area contributed by atoms with Crippen molar-refractivity contribution >= 4 is 67.2 Å². The number of hydrogen-bond acceptors (Lipinski definition) is 4. The van der Waals surface area contributed by atoms with Crippen molar-refractivity contribution in [1.82, 2.24) is 9.13 Å². The molecular formula is C49H39BBrN2O4. The number of nitrogens with zero attached hydrogens (tertiary/aromatic N) is 2. The fraction of sp³-hybridized carbons (Fsp3) is 0.0204. The van der Waals surface area contributed by atoms with Gasteiger partial charge in [-0.2, -0.15) is 0 Å². The molecule has 0 aliphatic heterocycles. The van der Waals surface area contributed by atoms with E-state index in [1.54, 1.807) is 24.3 Å². The molecule has 279 valence electrons. The number of para-hydroxylation sites is 6. The smallest absolute Gasteiger partial charge is 0.537 e. The lowest BCUT2D eigenvalue weighted by Gasteiger charge is -2.10. The molecular weight excluding hydrogens is 771 g/mol. The molecule has 10 rings (SSSR count). The van der Waals surface area contributed by atoms with Gasteiger partial charge >= 0.3 is 7.69 Å². The molecule has 0 amide bonds. The molecule has 0 bridgehead atoms.